The predicted molar refractivity (Wildman–Crippen MR) is 128 cm³/mol. The van der Waals surface area contributed by atoms with Crippen molar-refractivity contribution >= 4 is 46.8 Å². The summed E-state index contributed by atoms with van der Waals surface area (Å²) in [5.41, 5.74) is 4.60. The third-order valence-electron chi connectivity index (χ3n) is 4.11. The Kier molecular flexibility index (Phi) is 7.94. The maximum absolute atomic E-state index is 12.2. The molecule has 3 aromatic carbocycles. The second-order valence-electron chi connectivity index (χ2n) is 6.25. The van der Waals surface area contributed by atoms with E-state index in [9.17, 15) is 9.59 Å². The first-order valence-electron chi connectivity index (χ1n) is 9.28. The van der Waals surface area contributed by atoms with Gasteiger partial charge in [0.15, 0.2) is 11.5 Å². The number of halogens is 1. The number of carbonyl (C=O) groups is 2. The quantitative estimate of drug-likeness (QED) is 0.121. The van der Waals surface area contributed by atoms with E-state index >= 15 is 0 Å². The van der Waals surface area contributed by atoms with E-state index in [0.717, 1.165) is 9.13 Å². The summed E-state index contributed by atoms with van der Waals surface area (Å²) in [5.74, 6) is -0.170. The number of hydrazone groups is 1. The fourth-order valence-electron chi connectivity index (χ4n) is 2.59. The Hall–Kier alpha value is -3.46. The zero-order valence-electron chi connectivity index (χ0n) is 16.6. The Balaban J connectivity index is 1.63. The van der Waals surface area contributed by atoms with Gasteiger partial charge in [-0.1, -0.05) is 42.5 Å². The highest BCUT2D eigenvalue weighted by Crippen LogP contribution is 2.27. The highest BCUT2D eigenvalue weighted by atomic mass is 127. The number of nitrogens with zero attached hydrogens (tertiary/aromatic N) is 1. The first-order valence-corrected chi connectivity index (χ1v) is 10.4. The van der Waals surface area contributed by atoms with Crippen molar-refractivity contribution in [3.8, 4) is 11.5 Å². The molecule has 0 heterocycles. The zero-order chi connectivity index (χ0) is 22.1. The smallest absolute Gasteiger partial charge is 0.336 e. The second kappa shape index (κ2) is 11.1. The van der Waals surface area contributed by atoms with Gasteiger partial charge in [0.25, 0.3) is 5.91 Å². The molecule has 0 unspecified atom stereocenters. The third kappa shape index (κ3) is 6.51. The van der Waals surface area contributed by atoms with E-state index < -0.39 is 5.97 Å². The Labute approximate surface area is 193 Å². The minimum atomic E-state index is -0.520. The molecule has 0 aliphatic carbocycles. The van der Waals surface area contributed by atoms with Gasteiger partial charge in [0.05, 0.1) is 18.9 Å². The highest BCUT2D eigenvalue weighted by Gasteiger charge is 2.10. The van der Waals surface area contributed by atoms with Gasteiger partial charge in [-0.25, -0.2) is 10.2 Å². The minimum absolute atomic E-state index is 0.283. The standard InChI is InChI=1S/C24H19IN2O4/c1-30-22-15-18(16-26-27-24(29)19-9-5-6-10-20(19)25)11-13-21(22)31-23(28)14-12-17-7-3-2-4-8-17/h2-16H,1H3,(H,27,29)/b14-12+,26-16-. The molecule has 0 atom stereocenters. The number of hydrogen-bond acceptors (Lipinski definition) is 5. The summed E-state index contributed by atoms with van der Waals surface area (Å²) in [6.45, 7) is 0. The van der Waals surface area contributed by atoms with Crippen LogP contribution in [0, 0.1) is 3.57 Å². The molecule has 0 aromatic heterocycles. The predicted octanol–water partition coefficient (Wildman–Crippen LogP) is 4.68. The summed E-state index contributed by atoms with van der Waals surface area (Å²) in [6, 6.07) is 21.6. The Morgan fingerprint density at radius 3 is 2.42 bits per heavy atom. The molecule has 0 radical (unpaired) electrons. The molecule has 3 rings (SSSR count). The van der Waals surface area contributed by atoms with Crippen LogP contribution in [0.2, 0.25) is 0 Å². The van der Waals surface area contributed by atoms with Gasteiger partial charge in [0.2, 0.25) is 0 Å². The molecule has 156 valence electrons. The van der Waals surface area contributed by atoms with Gasteiger partial charge in [0.1, 0.15) is 0 Å². The van der Waals surface area contributed by atoms with Crippen molar-refractivity contribution in [2.45, 2.75) is 0 Å². The van der Waals surface area contributed by atoms with E-state index in [1.807, 2.05) is 42.5 Å². The zero-order valence-corrected chi connectivity index (χ0v) is 18.8. The molecular formula is C24H19IN2O4. The molecular weight excluding hydrogens is 507 g/mol. The van der Waals surface area contributed by atoms with Crippen molar-refractivity contribution in [3.05, 3.63) is 99.1 Å². The van der Waals surface area contributed by atoms with Crippen molar-refractivity contribution in [3.63, 3.8) is 0 Å². The SMILES string of the molecule is COc1cc(/C=N\NC(=O)c2ccccc2I)ccc1OC(=O)/C=C/c1ccccc1. The maximum Gasteiger partial charge on any atom is 0.336 e. The van der Waals surface area contributed by atoms with E-state index in [4.69, 9.17) is 9.47 Å². The van der Waals surface area contributed by atoms with Gasteiger partial charge in [-0.2, -0.15) is 5.10 Å². The number of esters is 1. The molecule has 31 heavy (non-hydrogen) atoms. The monoisotopic (exact) mass is 526 g/mol. The topological polar surface area (TPSA) is 77.0 Å². The number of benzene rings is 3. The maximum atomic E-state index is 12.2. The lowest BCUT2D eigenvalue weighted by Gasteiger charge is -2.08. The van der Waals surface area contributed by atoms with E-state index in [-0.39, 0.29) is 11.7 Å². The van der Waals surface area contributed by atoms with E-state index in [1.54, 1.807) is 36.4 Å². The fourth-order valence-corrected chi connectivity index (χ4v) is 3.22. The molecule has 3 aromatic rings. The van der Waals surface area contributed by atoms with Crippen LogP contribution < -0.4 is 14.9 Å². The number of hydrogen-bond donors (Lipinski definition) is 1. The summed E-state index contributed by atoms with van der Waals surface area (Å²) in [5, 5.41) is 3.99. The van der Waals surface area contributed by atoms with Crippen molar-refractivity contribution in [1.82, 2.24) is 5.43 Å². The average molecular weight is 526 g/mol. The Morgan fingerprint density at radius 2 is 1.68 bits per heavy atom. The van der Waals surface area contributed by atoms with Gasteiger partial charge in [0, 0.05) is 9.65 Å². The van der Waals surface area contributed by atoms with Gasteiger partial charge < -0.3 is 9.47 Å². The van der Waals surface area contributed by atoms with Crippen LogP contribution in [0.15, 0.2) is 84.0 Å². The number of amides is 1. The Morgan fingerprint density at radius 1 is 0.935 bits per heavy atom. The number of nitrogens with one attached hydrogen (secondary N) is 1. The van der Waals surface area contributed by atoms with E-state index in [2.05, 4.69) is 33.1 Å². The third-order valence-corrected chi connectivity index (χ3v) is 5.05. The van der Waals surface area contributed by atoms with Crippen molar-refractivity contribution in [2.24, 2.45) is 5.10 Å². The number of methoxy groups -OCH3 is 1. The Bertz CT molecular complexity index is 1130. The molecule has 7 heteroatoms. The van der Waals surface area contributed by atoms with Crippen LogP contribution in [0.1, 0.15) is 21.5 Å². The molecule has 0 bridgehead atoms. The summed E-state index contributed by atoms with van der Waals surface area (Å²) >= 11 is 2.09. The van der Waals surface area contributed by atoms with Gasteiger partial charge in [-0.15, -0.1) is 0 Å². The molecule has 0 saturated carbocycles. The van der Waals surface area contributed by atoms with Gasteiger partial charge in [-0.3, -0.25) is 4.79 Å². The first-order chi connectivity index (χ1) is 15.1. The van der Waals surface area contributed by atoms with E-state index in [1.165, 1.54) is 19.4 Å². The summed E-state index contributed by atoms with van der Waals surface area (Å²) in [6.07, 6.45) is 4.51. The molecule has 1 N–H and O–H groups in total. The number of rotatable bonds is 7. The molecule has 0 saturated heterocycles. The minimum Gasteiger partial charge on any atom is -0.493 e. The largest absolute Gasteiger partial charge is 0.493 e. The van der Waals surface area contributed by atoms with Crippen LogP contribution in [0.5, 0.6) is 11.5 Å². The molecule has 6 nitrogen and oxygen atoms in total. The lowest BCUT2D eigenvalue weighted by Crippen LogP contribution is -2.18. The second-order valence-corrected chi connectivity index (χ2v) is 7.42. The first kappa shape index (κ1) is 22.2. The normalized spacial score (nSPS) is 10.9. The van der Waals surface area contributed by atoms with Crippen LogP contribution in [0.3, 0.4) is 0 Å². The van der Waals surface area contributed by atoms with Crippen molar-refractivity contribution < 1.29 is 19.1 Å². The molecule has 0 aliphatic rings. The number of ether oxygens (including phenoxy) is 2. The van der Waals surface area contributed by atoms with Gasteiger partial charge in [-0.05, 0) is 70.1 Å². The molecule has 0 fully saturated rings. The summed E-state index contributed by atoms with van der Waals surface area (Å²) < 4.78 is 11.5. The lowest BCUT2D eigenvalue weighted by molar-refractivity contribution is -0.129. The fraction of sp³-hybridized carbons (Fsp3) is 0.0417. The molecule has 0 spiro atoms. The van der Waals surface area contributed by atoms with E-state index in [0.29, 0.717) is 16.9 Å². The van der Waals surface area contributed by atoms with Crippen LogP contribution in [-0.4, -0.2) is 25.2 Å². The highest BCUT2D eigenvalue weighted by molar-refractivity contribution is 14.1. The van der Waals surface area contributed by atoms with Gasteiger partial charge >= 0.3 is 5.97 Å². The van der Waals surface area contributed by atoms with Crippen LogP contribution in [0.25, 0.3) is 6.08 Å². The van der Waals surface area contributed by atoms with Crippen LogP contribution in [0.4, 0.5) is 0 Å². The van der Waals surface area contributed by atoms with Crippen LogP contribution >= 0.6 is 22.6 Å². The summed E-state index contributed by atoms with van der Waals surface area (Å²) in [4.78, 5) is 24.3. The van der Waals surface area contributed by atoms with Crippen molar-refractivity contribution in [2.75, 3.05) is 7.11 Å². The number of carbonyl (C=O) groups excluding carboxylic acids is 2. The van der Waals surface area contributed by atoms with Crippen LogP contribution in [-0.2, 0) is 4.79 Å². The molecule has 1 amide bonds. The summed E-state index contributed by atoms with van der Waals surface area (Å²) in [7, 11) is 1.48. The van der Waals surface area contributed by atoms with Crippen molar-refractivity contribution in [1.29, 1.82) is 0 Å². The molecule has 0 aliphatic heterocycles. The average Bonchev–Trinajstić information content (AvgIpc) is 2.79. The lowest BCUT2D eigenvalue weighted by atomic mass is 10.2.